The lowest BCUT2D eigenvalue weighted by molar-refractivity contribution is 0.108. The Morgan fingerprint density at radius 1 is 1.10 bits per heavy atom. The zero-order chi connectivity index (χ0) is 21.7. The van der Waals surface area contributed by atoms with Crippen LogP contribution in [-0.4, -0.2) is 68.9 Å². The molecule has 0 aromatic heterocycles. The molecule has 1 saturated heterocycles. The molecule has 0 spiro atoms. The minimum absolute atomic E-state index is 0.0812. The summed E-state index contributed by atoms with van der Waals surface area (Å²) in [5.41, 5.74) is 1.91. The molecule has 9 heteroatoms. The van der Waals surface area contributed by atoms with Gasteiger partial charge in [-0.25, -0.2) is 13.6 Å². The first-order chi connectivity index (χ1) is 14.3. The summed E-state index contributed by atoms with van der Waals surface area (Å²) in [6.45, 7) is 6.82. The predicted molar refractivity (Wildman–Crippen MR) is 120 cm³/mol. The van der Waals surface area contributed by atoms with E-state index in [1.807, 2.05) is 31.4 Å². The zero-order valence-electron chi connectivity index (χ0n) is 17.4. The molecule has 1 aliphatic heterocycles. The van der Waals surface area contributed by atoms with E-state index >= 15 is 0 Å². The fourth-order valence-electron chi connectivity index (χ4n) is 3.55. The number of primary sulfonamides is 1. The molecule has 1 aliphatic rings. The first-order valence-electron chi connectivity index (χ1n) is 9.84. The zero-order valence-corrected chi connectivity index (χ0v) is 19.0. The summed E-state index contributed by atoms with van der Waals surface area (Å²) in [5.74, 6) is 1.33. The Kier molecular flexibility index (Phi) is 7.78. The summed E-state index contributed by atoms with van der Waals surface area (Å²) < 4.78 is 29.9. The van der Waals surface area contributed by atoms with Crippen LogP contribution in [-0.2, 0) is 16.6 Å². The Morgan fingerprint density at radius 2 is 1.80 bits per heavy atom. The third kappa shape index (κ3) is 5.96. The fourth-order valence-corrected chi connectivity index (χ4v) is 4.70. The van der Waals surface area contributed by atoms with Crippen molar-refractivity contribution in [2.24, 2.45) is 5.14 Å². The molecular formula is C21H29N3O4S2. The minimum Gasteiger partial charge on any atom is -0.457 e. The topological polar surface area (TPSA) is 96.1 Å². The van der Waals surface area contributed by atoms with Crippen LogP contribution < -0.4 is 9.88 Å². The number of nitrogens with zero attached hydrogens (tertiary/aromatic N) is 2. The maximum Gasteiger partial charge on any atom is 0.238 e. The Bertz CT molecular complexity index is 974. The number of β-amino-alcohol motifs (C(OH)–C–C–N with tert-alkyl or cyclic N) is 1. The van der Waals surface area contributed by atoms with Crippen LogP contribution in [0.25, 0.3) is 0 Å². The molecule has 0 aliphatic carbocycles. The van der Waals surface area contributed by atoms with Crippen molar-refractivity contribution in [2.75, 3.05) is 45.6 Å². The van der Waals surface area contributed by atoms with Gasteiger partial charge < -0.3 is 9.84 Å². The summed E-state index contributed by atoms with van der Waals surface area (Å²) in [6, 6.07) is 10.7. The van der Waals surface area contributed by atoms with E-state index < -0.39 is 10.0 Å². The van der Waals surface area contributed by atoms with Crippen molar-refractivity contribution < 1.29 is 18.3 Å². The van der Waals surface area contributed by atoms with Gasteiger partial charge in [-0.15, -0.1) is 11.8 Å². The maximum atomic E-state index is 11.9. The normalized spacial score (nSPS) is 16.0. The van der Waals surface area contributed by atoms with Gasteiger partial charge in [0, 0.05) is 49.7 Å². The summed E-state index contributed by atoms with van der Waals surface area (Å²) in [6.07, 6.45) is 2.03. The van der Waals surface area contributed by atoms with Gasteiger partial charge >= 0.3 is 0 Å². The molecule has 0 bridgehead atoms. The van der Waals surface area contributed by atoms with E-state index in [2.05, 4.69) is 9.80 Å². The monoisotopic (exact) mass is 451 g/mol. The van der Waals surface area contributed by atoms with E-state index in [0.717, 1.165) is 37.3 Å². The number of hydrogen-bond acceptors (Lipinski definition) is 7. The minimum atomic E-state index is -3.80. The number of thioether (sulfide) groups is 1. The van der Waals surface area contributed by atoms with Gasteiger partial charge in [0.15, 0.2) is 0 Å². The predicted octanol–water partition coefficient (Wildman–Crippen LogP) is 2.27. The first kappa shape index (κ1) is 23.1. The summed E-state index contributed by atoms with van der Waals surface area (Å²) in [7, 11) is -3.80. The summed E-state index contributed by atoms with van der Waals surface area (Å²) in [4.78, 5) is 5.74. The number of aliphatic hydroxyl groups is 1. The largest absolute Gasteiger partial charge is 0.457 e. The number of nitrogens with two attached hydrogens (primary N) is 1. The average molecular weight is 452 g/mol. The molecule has 3 rings (SSSR count). The second-order valence-corrected chi connectivity index (χ2v) is 9.80. The van der Waals surface area contributed by atoms with Crippen molar-refractivity contribution in [3.8, 4) is 11.5 Å². The lowest BCUT2D eigenvalue weighted by Crippen LogP contribution is -2.46. The van der Waals surface area contributed by atoms with Crippen LogP contribution in [0.15, 0.2) is 46.2 Å². The maximum absolute atomic E-state index is 11.9. The number of aliphatic hydroxyl groups excluding tert-OH is 1. The molecular weight excluding hydrogens is 422 g/mol. The van der Waals surface area contributed by atoms with Crippen molar-refractivity contribution in [3.05, 3.63) is 47.5 Å². The molecule has 0 radical (unpaired) electrons. The molecule has 1 heterocycles. The first-order valence-corrected chi connectivity index (χ1v) is 12.6. The fraction of sp³-hybridized carbons (Fsp3) is 0.429. The standard InChI is InChI=1S/C21H29N3O4S2/c1-16-13-18(3-6-21(16)29-2)28-20-5-4-19(30(22,26)27)14-17(20)15-24-9-7-23(8-10-24)11-12-25/h3-6,13-14,25H,7-12,15H2,1-2H3,(H2,22,26,27). The molecule has 0 amide bonds. The van der Waals surface area contributed by atoms with E-state index in [-0.39, 0.29) is 11.5 Å². The quantitative estimate of drug-likeness (QED) is 0.594. The van der Waals surface area contributed by atoms with Crippen LogP contribution in [0.5, 0.6) is 11.5 Å². The van der Waals surface area contributed by atoms with Crippen LogP contribution in [0.1, 0.15) is 11.1 Å². The van der Waals surface area contributed by atoms with Gasteiger partial charge in [-0.1, -0.05) is 0 Å². The van der Waals surface area contributed by atoms with Crippen molar-refractivity contribution in [3.63, 3.8) is 0 Å². The molecule has 7 nitrogen and oxygen atoms in total. The Hall–Kier alpha value is -1.62. The van der Waals surface area contributed by atoms with Crippen molar-refractivity contribution in [1.82, 2.24) is 9.80 Å². The van der Waals surface area contributed by atoms with Gasteiger partial charge in [-0.05, 0) is 55.1 Å². The van der Waals surface area contributed by atoms with E-state index in [0.29, 0.717) is 24.6 Å². The molecule has 2 aromatic carbocycles. The molecule has 3 N–H and O–H groups in total. The molecule has 164 valence electrons. The second kappa shape index (κ2) is 10.1. The number of hydrogen-bond donors (Lipinski definition) is 2. The number of aryl methyl sites for hydroxylation is 1. The molecule has 0 unspecified atom stereocenters. The Morgan fingerprint density at radius 3 is 2.40 bits per heavy atom. The molecule has 30 heavy (non-hydrogen) atoms. The van der Waals surface area contributed by atoms with Crippen molar-refractivity contribution in [2.45, 2.75) is 23.3 Å². The van der Waals surface area contributed by atoms with Crippen LogP contribution in [0, 0.1) is 6.92 Å². The summed E-state index contributed by atoms with van der Waals surface area (Å²) in [5, 5.41) is 14.5. The second-order valence-electron chi connectivity index (χ2n) is 7.39. The number of rotatable bonds is 8. The number of ether oxygens (including phenoxy) is 1. The average Bonchev–Trinajstić information content (AvgIpc) is 2.70. The van der Waals surface area contributed by atoms with Gasteiger partial charge in [-0.2, -0.15) is 0 Å². The van der Waals surface area contributed by atoms with Crippen molar-refractivity contribution >= 4 is 21.8 Å². The smallest absolute Gasteiger partial charge is 0.238 e. The Balaban J connectivity index is 1.83. The molecule has 1 fully saturated rings. The summed E-state index contributed by atoms with van der Waals surface area (Å²) >= 11 is 1.68. The van der Waals surface area contributed by atoms with E-state index in [9.17, 15) is 8.42 Å². The van der Waals surface area contributed by atoms with E-state index in [1.54, 1.807) is 23.9 Å². The number of piperazine rings is 1. The van der Waals surface area contributed by atoms with E-state index in [1.165, 1.54) is 11.0 Å². The van der Waals surface area contributed by atoms with Gasteiger partial charge in [0.25, 0.3) is 0 Å². The van der Waals surface area contributed by atoms with Crippen LogP contribution in [0.3, 0.4) is 0 Å². The third-order valence-corrected chi connectivity index (χ3v) is 7.04. The molecule has 0 saturated carbocycles. The van der Waals surface area contributed by atoms with Gasteiger partial charge in [-0.3, -0.25) is 9.80 Å². The van der Waals surface area contributed by atoms with Crippen LogP contribution in [0.2, 0.25) is 0 Å². The highest BCUT2D eigenvalue weighted by molar-refractivity contribution is 7.98. The van der Waals surface area contributed by atoms with Gasteiger partial charge in [0.05, 0.1) is 11.5 Å². The van der Waals surface area contributed by atoms with Crippen molar-refractivity contribution in [1.29, 1.82) is 0 Å². The van der Waals surface area contributed by atoms with Crippen LogP contribution >= 0.6 is 11.8 Å². The third-order valence-electron chi connectivity index (χ3n) is 5.23. The number of benzene rings is 2. The molecule has 0 atom stereocenters. The Labute approximate surface area is 182 Å². The highest BCUT2D eigenvalue weighted by Crippen LogP contribution is 2.31. The van der Waals surface area contributed by atoms with Gasteiger partial charge in [0.2, 0.25) is 10.0 Å². The highest BCUT2D eigenvalue weighted by Gasteiger charge is 2.20. The lowest BCUT2D eigenvalue weighted by atomic mass is 10.1. The molecule has 2 aromatic rings. The number of sulfonamides is 1. The highest BCUT2D eigenvalue weighted by atomic mass is 32.2. The van der Waals surface area contributed by atoms with E-state index in [4.69, 9.17) is 15.0 Å². The van der Waals surface area contributed by atoms with Crippen LogP contribution in [0.4, 0.5) is 0 Å². The lowest BCUT2D eigenvalue weighted by Gasteiger charge is -2.34. The SMILES string of the molecule is CSc1ccc(Oc2ccc(S(N)(=O)=O)cc2CN2CCN(CCO)CC2)cc1C. The van der Waals surface area contributed by atoms with Gasteiger partial charge in [0.1, 0.15) is 11.5 Å².